The Morgan fingerprint density at radius 2 is 1.78 bits per heavy atom. The van der Waals surface area contributed by atoms with Crippen LogP contribution in [0, 0.1) is 13.8 Å². The maximum Gasteiger partial charge on any atom is 0.255 e. The molecular weight excluding hydrogens is 454 g/mol. The van der Waals surface area contributed by atoms with Gasteiger partial charge in [-0.2, -0.15) is 4.98 Å². The summed E-state index contributed by atoms with van der Waals surface area (Å²) in [6.07, 6.45) is 0. The maximum absolute atomic E-state index is 13.7. The van der Waals surface area contributed by atoms with Gasteiger partial charge < -0.3 is 20.5 Å². The highest BCUT2D eigenvalue weighted by Gasteiger charge is 2.34. The van der Waals surface area contributed by atoms with E-state index in [2.05, 4.69) is 30.5 Å². The number of ether oxygens (including phenoxy) is 1. The second-order valence-corrected chi connectivity index (χ2v) is 8.81. The van der Waals surface area contributed by atoms with E-state index in [4.69, 9.17) is 14.8 Å². The lowest BCUT2D eigenvalue weighted by Crippen LogP contribution is -2.31. The maximum atomic E-state index is 13.7. The zero-order chi connectivity index (χ0) is 25.4. The van der Waals surface area contributed by atoms with Gasteiger partial charge in [0.15, 0.2) is 5.82 Å². The van der Waals surface area contributed by atoms with E-state index in [9.17, 15) is 9.90 Å². The van der Waals surface area contributed by atoms with Gasteiger partial charge in [0.1, 0.15) is 17.5 Å². The lowest BCUT2D eigenvalue weighted by Gasteiger charge is -2.28. The molecular formula is C28H27N5O3. The number of amides is 1. The highest BCUT2D eigenvalue weighted by molar-refractivity contribution is 6.06. The topological polar surface area (TPSA) is 101 Å². The van der Waals surface area contributed by atoms with Crippen molar-refractivity contribution in [2.24, 2.45) is 0 Å². The van der Waals surface area contributed by atoms with Crippen molar-refractivity contribution in [3.63, 3.8) is 0 Å². The third-order valence-electron chi connectivity index (χ3n) is 6.43. The number of rotatable bonds is 5. The number of allylic oxidation sites excluding steroid dienone is 1. The fourth-order valence-electron chi connectivity index (χ4n) is 4.35. The lowest BCUT2D eigenvalue weighted by atomic mass is 9.95. The van der Waals surface area contributed by atoms with Crippen molar-refractivity contribution in [1.82, 2.24) is 14.8 Å². The number of nitrogens with one attached hydrogen (secondary N) is 2. The molecule has 0 saturated carbocycles. The number of hydrogen-bond donors (Lipinski definition) is 3. The van der Waals surface area contributed by atoms with Gasteiger partial charge in [-0.15, -0.1) is 5.10 Å². The zero-order valence-electron chi connectivity index (χ0n) is 20.5. The summed E-state index contributed by atoms with van der Waals surface area (Å²) in [7, 11) is 1.56. The first-order valence-corrected chi connectivity index (χ1v) is 11.6. The van der Waals surface area contributed by atoms with Crippen molar-refractivity contribution >= 4 is 17.5 Å². The van der Waals surface area contributed by atoms with E-state index < -0.39 is 6.04 Å². The van der Waals surface area contributed by atoms with Gasteiger partial charge in [0.2, 0.25) is 5.95 Å². The minimum atomic E-state index is -0.565. The summed E-state index contributed by atoms with van der Waals surface area (Å²) in [5.41, 5.74) is 5.73. The number of methoxy groups -OCH3 is 1. The Morgan fingerprint density at radius 3 is 2.50 bits per heavy atom. The number of aromatic hydroxyl groups is 1. The number of nitrogens with zero attached hydrogens (tertiary/aromatic N) is 3. The van der Waals surface area contributed by atoms with Crippen LogP contribution in [0.4, 0.5) is 11.6 Å². The van der Waals surface area contributed by atoms with E-state index in [-0.39, 0.29) is 11.7 Å². The van der Waals surface area contributed by atoms with Crippen molar-refractivity contribution in [2.75, 3.05) is 17.7 Å². The number of aromatic nitrogens is 3. The first-order valence-electron chi connectivity index (χ1n) is 11.6. The van der Waals surface area contributed by atoms with E-state index in [0.717, 1.165) is 16.7 Å². The van der Waals surface area contributed by atoms with Gasteiger partial charge in [0, 0.05) is 11.3 Å². The molecule has 3 aromatic carbocycles. The van der Waals surface area contributed by atoms with Crippen LogP contribution in [-0.4, -0.2) is 32.9 Å². The summed E-state index contributed by atoms with van der Waals surface area (Å²) in [4.78, 5) is 18.4. The Bertz CT molecular complexity index is 1490. The number of benzene rings is 3. The molecule has 0 saturated heterocycles. The number of carbonyl (C=O) groups excluding carboxylic acids is 1. The summed E-state index contributed by atoms with van der Waals surface area (Å²) < 4.78 is 7.13. The molecule has 2 heterocycles. The SMILES string of the molecule is COc1ccccc1NC(=O)C1=C(C)Nc2nc(-c3ccc(C)c(C)c3)nn2C1c1ccc(O)cc1. The summed E-state index contributed by atoms with van der Waals surface area (Å²) >= 11 is 0. The van der Waals surface area contributed by atoms with Crippen molar-refractivity contribution in [3.8, 4) is 22.9 Å². The van der Waals surface area contributed by atoms with Crippen LogP contribution in [0.25, 0.3) is 11.4 Å². The zero-order valence-corrected chi connectivity index (χ0v) is 20.5. The molecule has 0 bridgehead atoms. The van der Waals surface area contributed by atoms with Crippen LogP contribution in [0.1, 0.15) is 29.7 Å². The molecule has 1 unspecified atom stereocenters. The molecule has 3 N–H and O–H groups in total. The van der Waals surface area contributed by atoms with Crippen molar-refractivity contribution < 1.29 is 14.6 Å². The van der Waals surface area contributed by atoms with E-state index in [1.165, 1.54) is 5.56 Å². The average molecular weight is 482 g/mol. The van der Waals surface area contributed by atoms with Gasteiger partial charge in [0.25, 0.3) is 5.91 Å². The number of phenolic OH excluding ortho intramolecular Hbond substituents is 1. The van der Waals surface area contributed by atoms with Crippen molar-refractivity contribution in [2.45, 2.75) is 26.8 Å². The second-order valence-electron chi connectivity index (χ2n) is 8.81. The number of fused-ring (bicyclic) bond motifs is 1. The molecule has 0 spiro atoms. The minimum absolute atomic E-state index is 0.142. The van der Waals surface area contributed by atoms with Crippen LogP contribution in [0.3, 0.4) is 0 Å². The normalized spacial score (nSPS) is 14.7. The quantitative estimate of drug-likeness (QED) is 0.362. The summed E-state index contributed by atoms with van der Waals surface area (Å²) in [5.74, 6) is 1.50. The Morgan fingerprint density at radius 1 is 1.03 bits per heavy atom. The third kappa shape index (κ3) is 4.17. The molecule has 5 rings (SSSR count). The predicted octanol–water partition coefficient (Wildman–Crippen LogP) is 5.20. The first-order chi connectivity index (χ1) is 17.4. The van der Waals surface area contributed by atoms with Gasteiger partial charge in [0.05, 0.1) is 18.4 Å². The number of aryl methyl sites for hydroxylation is 2. The van der Waals surface area contributed by atoms with E-state index in [1.807, 2.05) is 31.2 Å². The molecule has 182 valence electrons. The van der Waals surface area contributed by atoms with Gasteiger partial charge in [-0.3, -0.25) is 4.79 Å². The molecule has 36 heavy (non-hydrogen) atoms. The fraction of sp³-hybridized carbons (Fsp3) is 0.179. The molecule has 1 aliphatic rings. The Hall–Kier alpha value is -4.59. The Labute approximate surface area is 209 Å². The van der Waals surface area contributed by atoms with Crippen LogP contribution in [0.2, 0.25) is 0 Å². The molecule has 8 heteroatoms. The van der Waals surface area contributed by atoms with Crippen LogP contribution in [0.15, 0.2) is 78.0 Å². The van der Waals surface area contributed by atoms with E-state index in [0.29, 0.717) is 34.5 Å². The van der Waals surface area contributed by atoms with Gasteiger partial charge in [-0.25, -0.2) is 4.68 Å². The first kappa shape index (κ1) is 23.2. The van der Waals surface area contributed by atoms with Crippen LogP contribution in [0.5, 0.6) is 11.5 Å². The third-order valence-corrected chi connectivity index (χ3v) is 6.43. The molecule has 0 aliphatic carbocycles. The number of carbonyl (C=O) groups is 1. The van der Waals surface area contributed by atoms with Crippen LogP contribution >= 0.6 is 0 Å². The summed E-state index contributed by atoms with van der Waals surface area (Å²) in [5, 5.41) is 20.9. The monoisotopic (exact) mass is 481 g/mol. The fourth-order valence-corrected chi connectivity index (χ4v) is 4.35. The van der Waals surface area contributed by atoms with E-state index >= 15 is 0 Å². The molecule has 1 aliphatic heterocycles. The standard InChI is InChI=1S/C28H27N5O3/c1-16-9-10-20(15-17(16)2)26-31-28-29-18(3)24(27(35)30-22-7-5-6-8-23(22)36-4)25(33(28)32-26)19-11-13-21(34)14-12-19/h5-15,25,34H,1-4H3,(H,30,35)(H,29,31,32). The van der Waals surface area contributed by atoms with Gasteiger partial charge in [-0.1, -0.05) is 36.4 Å². The van der Waals surface area contributed by atoms with Gasteiger partial charge in [-0.05, 0) is 67.8 Å². The van der Waals surface area contributed by atoms with Crippen molar-refractivity contribution in [1.29, 1.82) is 0 Å². The Balaban J connectivity index is 1.60. The molecule has 0 radical (unpaired) electrons. The largest absolute Gasteiger partial charge is 0.508 e. The highest BCUT2D eigenvalue weighted by Crippen LogP contribution is 2.38. The molecule has 1 aromatic heterocycles. The number of phenols is 1. The van der Waals surface area contributed by atoms with Crippen molar-refractivity contribution in [3.05, 3.63) is 94.7 Å². The average Bonchev–Trinajstić information content (AvgIpc) is 3.29. The number of hydrogen-bond acceptors (Lipinski definition) is 6. The van der Waals surface area contributed by atoms with Crippen LogP contribution in [-0.2, 0) is 4.79 Å². The van der Waals surface area contributed by atoms with Gasteiger partial charge >= 0.3 is 0 Å². The number of anilines is 2. The summed E-state index contributed by atoms with van der Waals surface area (Å²) in [6.45, 7) is 5.96. The molecule has 0 fully saturated rings. The Kier molecular flexibility index (Phi) is 5.93. The lowest BCUT2D eigenvalue weighted by molar-refractivity contribution is -0.113. The molecule has 4 aromatic rings. The second kappa shape index (κ2) is 9.22. The summed E-state index contributed by atoms with van der Waals surface area (Å²) in [6, 6.07) is 19.6. The van der Waals surface area contributed by atoms with E-state index in [1.54, 1.807) is 48.2 Å². The van der Waals surface area contributed by atoms with Crippen LogP contribution < -0.4 is 15.4 Å². The smallest absolute Gasteiger partial charge is 0.255 e. The predicted molar refractivity (Wildman–Crippen MR) is 139 cm³/mol. The highest BCUT2D eigenvalue weighted by atomic mass is 16.5. The molecule has 1 amide bonds. The molecule has 8 nitrogen and oxygen atoms in total. The minimum Gasteiger partial charge on any atom is -0.508 e. The number of para-hydroxylation sites is 2. The molecule has 1 atom stereocenters.